The predicted octanol–water partition coefficient (Wildman–Crippen LogP) is 3.00. The maximum atomic E-state index is 11.1. The number of hydrogen-bond acceptors (Lipinski definition) is 2. The van der Waals surface area contributed by atoms with Crippen LogP contribution in [-0.4, -0.2) is 5.97 Å². The van der Waals surface area contributed by atoms with Crippen molar-refractivity contribution < 1.29 is 9.53 Å². The Morgan fingerprint density at radius 1 is 1.36 bits per heavy atom. The van der Waals surface area contributed by atoms with Crippen LogP contribution >= 0.6 is 0 Å². The molecule has 1 aromatic carbocycles. The third-order valence-electron chi connectivity index (χ3n) is 1.79. The van der Waals surface area contributed by atoms with Crippen molar-refractivity contribution in [2.75, 3.05) is 0 Å². The number of esters is 1. The van der Waals surface area contributed by atoms with E-state index < -0.39 is 0 Å². The molecule has 2 nitrogen and oxygen atoms in total. The molecule has 0 atom stereocenters. The lowest BCUT2D eigenvalue weighted by atomic mass is 10.2. The summed E-state index contributed by atoms with van der Waals surface area (Å²) in [5, 5.41) is 0. The van der Waals surface area contributed by atoms with Gasteiger partial charge in [0.05, 0.1) is 0 Å². The quantitative estimate of drug-likeness (QED) is 0.539. The number of rotatable bonds is 4. The molecule has 0 saturated carbocycles. The Morgan fingerprint density at radius 2 is 2.00 bits per heavy atom. The second kappa shape index (κ2) is 5.22. The molecule has 1 rings (SSSR count). The van der Waals surface area contributed by atoms with Crippen molar-refractivity contribution >= 4 is 11.7 Å². The molecule has 0 spiro atoms. The van der Waals surface area contributed by atoms with Gasteiger partial charge in [-0.3, -0.25) is 4.79 Å². The molecule has 0 aliphatic rings. The van der Waals surface area contributed by atoms with Gasteiger partial charge in [-0.15, -0.1) is 0 Å². The minimum atomic E-state index is -0.221. The summed E-state index contributed by atoms with van der Waals surface area (Å²) >= 11 is 0. The van der Waals surface area contributed by atoms with Crippen LogP contribution in [0.4, 0.5) is 0 Å². The summed E-state index contributed by atoms with van der Waals surface area (Å²) in [6.45, 7) is 5.64. The molecule has 0 bridgehead atoms. The van der Waals surface area contributed by atoms with Crippen molar-refractivity contribution in [1.29, 1.82) is 0 Å². The van der Waals surface area contributed by atoms with Crippen molar-refractivity contribution in [1.82, 2.24) is 0 Å². The Labute approximate surface area is 84.2 Å². The van der Waals surface area contributed by atoms with Gasteiger partial charge in [0.1, 0.15) is 5.76 Å². The topological polar surface area (TPSA) is 26.3 Å². The second-order valence-corrected chi connectivity index (χ2v) is 3.01. The summed E-state index contributed by atoms with van der Waals surface area (Å²) in [6.07, 6.45) is 1.23. The number of benzene rings is 1. The molecular formula is C12H14O2. The first-order chi connectivity index (χ1) is 6.74. The third-order valence-corrected chi connectivity index (χ3v) is 1.79. The molecule has 0 aliphatic carbocycles. The smallest absolute Gasteiger partial charge is 0.311 e. The van der Waals surface area contributed by atoms with Crippen LogP contribution in [0.1, 0.15) is 25.3 Å². The summed E-state index contributed by atoms with van der Waals surface area (Å²) in [5.41, 5.74) is 0.844. The van der Waals surface area contributed by atoms with E-state index in [1.807, 2.05) is 37.3 Å². The fourth-order valence-corrected chi connectivity index (χ4v) is 1.08. The Bertz CT molecular complexity index is 314. The Morgan fingerprint density at radius 3 is 2.57 bits per heavy atom. The van der Waals surface area contributed by atoms with Crippen LogP contribution in [0.25, 0.3) is 5.76 Å². The van der Waals surface area contributed by atoms with Gasteiger partial charge in [0.25, 0.3) is 0 Å². The highest BCUT2D eigenvalue weighted by Gasteiger charge is 2.05. The maximum Gasteiger partial charge on any atom is 0.311 e. The average molecular weight is 190 g/mol. The molecule has 2 heteroatoms. The average Bonchev–Trinajstić information content (AvgIpc) is 2.19. The van der Waals surface area contributed by atoms with E-state index >= 15 is 0 Å². The third kappa shape index (κ3) is 3.05. The zero-order valence-electron chi connectivity index (χ0n) is 8.32. The van der Waals surface area contributed by atoms with Crippen molar-refractivity contribution in [2.45, 2.75) is 19.8 Å². The lowest BCUT2D eigenvalue weighted by molar-refractivity contribution is -0.136. The first kappa shape index (κ1) is 10.5. The van der Waals surface area contributed by atoms with E-state index in [4.69, 9.17) is 4.74 Å². The molecule has 0 radical (unpaired) electrons. The molecule has 0 N–H and O–H groups in total. The normalized spacial score (nSPS) is 9.50. The van der Waals surface area contributed by atoms with E-state index in [1.54, 1.807) is 0 Å². The number of ether oxygens (including phenoxy) is 1. The summed E-state index contributed by atoms with van der Waals surface area (Å²) < 4.78 is 5.04. The summed E-state index contributed by atoms with van der Waals surface area (Å²) in [5.74, 6) is 0.199. The van der Waals surface area contributed by atoms with Gasteiger partial charge in [-0.2, -0.15) is 0 Å². The maximum absolute atomic E-state index is 11.1. The zero-order valence-corrected chi connectivity index (χ0v) is 8.32. The number of carbonyl (C=O) groups excluding carboxylic acids is 1. The lowest BCUT2D eigenvalue weighted by Gasteiger charge is -2.06. The molecular weight excluding hydrogens is 176 g/mol. The molecule has 0 saturated heterocycles. The zero-order chi connectivity index (χ0) is 10.4. The summed E-state index contributed by atoms with van der Waals surface area (Å²) in [6, 6.07) is 9.40. The monoisotopic (exact) mass is 190 g/mol. The largest absolute Gasteiger partial charge is 0.427 e. The van der Waals surface area contributed by atoms with Gasteiger partial charge in [0.2, 0.25) is 0 Å². The molecule has 0 aromatic heterocycles. The fraction of sp³-hybridized carbons (Fsp3) is 0.250. The molecule has 1 aromatic rings. The first-order valence-corrected chi connectivity index (χ1v) is 4.69. The van der Waals surface area contributed by atoms with Crippen LogP contribution in [0.2, 0.25) is 0 Å². The molecule has 14 heavy (non-hydrogen) atoms. The van der Waals surface area contributed by atoms with Crippen LogP contribution < -0.4 is 0 Å². The highest BCUT2D eigenvalue weighted by Crippen LogP contribution is 2.13. The van der Waals surface area contributed by atoms with E-state index in [-0.39, 0.29) is 5.97 Å². The van der Waals surface area contributed by atoms with E-state index in [0.29, 0.717) is 12.2 Å². The Kier molecular flexibility index (Phi) is 3.92. The minimum Gasteiger partial charge on any atom is -0.427 e. The van der Waals surface area contributed by atoms with Gasteiger partial charge in [-0.25, -0.2) is 0 Å². The predicted molar refractivity (Wildman–Crippen MR) is 56.5 cm³/mol. The second-order valence-electron chi connectivity index (χ2n) is 3.01. The Hall–Kier alpha value is -1.57. The van der Waals surface area contributed by atoms with Gasteiger partial charge in [0.15, 0.2) is 0 Å². The molecule has 0 aliphatic heterocycles. The number of carbonyl (C=O) groups is 1. The SMILES string of the molecule is C=C(OC(=O)CCC)c1ccccc1. The van der Waals surface area contributed by atoms with Gasteiger partial charge >= 0.3 is 5.97 Å². The lowest BCUT2D eigenvalue weighted by Crippen LogP contribution is -2.02. The molecule has 74 valence electrons. The molecule has 0 heterocycles. The summed E-state index contributed by atoms with van der Waals surface area (Å²) in [4.78, 5) is 11.1. The van der Waals surface area contributed by atoms with Gasteiger partial charge in [-0.1, -0.05) is 43.8 Å². The van der Waals surface area contributed by atoms with Gasteiger partial charge in [-0.05, 0) is 6.42 Å². The minimum absolute atomic E-state index is 0.221. The van der Waals surface area contributed by atoms with Crippen LogP contribution in [-0.2, 0) is 9.53 Å². The van der Waals surface area contributed by atoms with Crippen LogP contribution in [0.15, 0.2) is 36.9 Å². The van der Waals surface area contributed by atoms with Gasteiger partial charge in [0, 0.05) is 12.0 Å². The van der Waals surface area contributed by atoms with Gasteiger partial charge < -0.3 is 4.74 Å². The van der Waals surface area contributed by atoms with Crippen molar-refractivity contribution in [3.05, 3.63) is 42.5 Å². The highest BCUT2D eigenvalue weighted by atomic mass is 16.5. The highest BCUT2D eigenvalue weighted by molar-refractivity contribution is 5.77. The molecule has 0 fully saturated rings. The van der Waals surface area contributed by atoms with Crippen molar-refractivity contribution in [2.24, 2.45) is 0 Å². The summed E-state index contributed by atoms with van der Waals surface area (Å²) in [7, 11) is 0. The molecule has 0 amide bonds. The van der Waals surface area contributed by atoms with Crippen LogP contribution in [0.5, 0.6) is 0 Å². The van der Waals surface area contributed by atoms with Crippen molar-refractivity contribution in [3.63, 3.8) is 0 Å². The first-order valence-electron chi connectivity index (χ1n) is 4.69. The standard InChI is InChI=1S/C12H14O2/c1-3-7-12(13)14-10(2)11-8-5-4-6-9-11/h4-6,8-9H,2-3,7H2,1H3. The van der Waals surface area contributed by atoms with E-state index in [1.165, 1.54) is 0 Å². The Balaban J connectivity index is 2.55. The van der Waals surface area contributed by atoms with E-state index in [9.17, 15) is 4.79 Å². The number of hydrogen-bond donors (Lipinski definition) is 0. The van der Waals surface area contributed by atoms with Crippen LogP contribution in [0, 0.1) is 0 Å². The van der Waals surface area contributed by atoms with E-state index in [0.717, 1.165) is 12.0 Å². The fourth-order valence-electron chi connectivity index (χ4n) is 1.08. The molecule has 0 unspecified atom stereocenters. The van der Waals surface area contributed by atoms with Crippen LogP contribution in [0.3, 0.4) is 0 Å². The van der Waals surface area contributed by atoms with Crippen molar-refractivity contribution in [3.8, 4) is 0 Å². The van der Waals surface area contributed by atoms with E-state index in [2.05, 4.69) is 6.58 Å².